The van der Waals surface area contributed by atoms with E-state index in [4.69, 9.17) is 10.2 Å². The van der Waals surface area contributed by atoms with E-state index in [1.54, 1.807) is 0 Å². The van der Waals surface area contributed by atoms with Crippen LogP contribution in [0.1, 0.15) is 26.2 Å². The van der Waals surface area contributed by atoms with Crippen LogP contribution >= 0.6 is 0 Å². The highest BCUT2D eigenvalue weighted by Crippen LogP contribution is 2.01. The second-order valence-electron chi connectivity index (χ2n) is 3.90. The lowest BCUT2D eigenvalue weighted by Gasteiger charge is -2.16. The Morgan fingerprint density at radius 1 is 1.00 bits per heavy atom. The van der Waals surface area contributed by atoms with Crippen LogP contribution < -0.4 is 21.5 Å². The first-order valence-corrected chi connectivity index (χ1v) is 5.85. The number of carbonyl (C=O) groups is 4. The Morgan fingerprint density at radius 3 is 2.15 bits per heavy atom. The Morgan fingerprint density at radius 2 is 1.65 bits per heavy atom. The Bertz CT molecular complexity index is 373. The molecule has 20 heavy (non-hydrogen) atoms. The average molecular weight is 290 g/mol. The van der Waals surface area contributed by atoms with Gasteiger partial charge in [-0.1, -0.05) is 0 Å². The summed E-state index contributed by atoms with van der Waals surface area (Å²) in [6.07, 6.45) is -1.44. The molecule has 10 nitrogen and oxygen atoms in total. The summed E-state index contributed by atoms with van der Waals surface area (Å²) in [6.45, 7) is 1.40. The Hall–Kier alpha value is -2.52. The first-order valence-electron chi connectivity index (χ1n) is 5.85. The molecule has 0 aromatic heterocycles. The van der Waals surface area contributed by atoms with Crippen LogP contribution in [0.5, 0.6) is 0 Å². The lowest BCUT2D eigenvalue weighted by Crippen LogP contribution is -2.51. The number of carboxylic acid groups (broad SMARTS) is 2. The molecule has 0 saturated heterocycles. The molecule has 0 aliphatic heterocycles. The van der Waals surface area contributed by atoms with Gasteiger partial charge < -0.3 is 20.8 Å². The van der Waals surface area contributed by atoms with Crippen LogP contribution in [0.3, 0.4) is 0 Å². The van der Waals surface area contributed by atoms with Gasteiger partial charge in [0.25, 0.3) is 5.91 Å². The number of hydrazine groups is 1. The first-order chi connectivity index (χ1) is 9.32. The number of unbranched alkanes of at least 4 members (excludes halogenated alkanes) is 1. The van der Waals surface area contributed by atoms with E-state index in [0.29, 0.717) is 12.8 Å². The van der Waals surface area contributed by atoms with Crippen LogP contribution in [-0.2, 0) is 9.59 Å². The maximum absolute atomic E-state index is 11.6. The molecule has 0 saturated carbocycles. The molecule has 0 radical (unpaired) electrons. The van der Waals surface area contributed by atoms with E-state index in [-0.39, 0.29) is 13.0 Å². The van der Waals surface area contributed by atoms with Crippen molar-refractivity contribution in [3.8, 4) is 0 Å². The topological polar surface area (TPSA) is 157 Å². The molecule has 0 aromatic rings. The standard InChI is InChI=1S/C10H18N4O6/c1-6(15)13-14-8(16)7(12-10(19)20)4-2-3-5-11-9(17)18/h7,11-12H,2-5H2,1H3,(H,13,15)(H,14,16)(H,17,18)(H,19,20). The number of hydrogen-bond donors (Lipinski definition) is 6. The molecule has 6 N–H and O–H groups in total. The van der Waals surface area contributed by atoms with Gasteiger partial charge in [0.05, 0.1) is 0 Å². The minimum Gasteiger partial charge on any atom is -0.465 e. The van der Waals surface area contributed by atoms with Gasteiger partial charge in [-0.05, 0) is 19.3 Å². The van der Waals surface area contributed by atoms with Gasteiger partial charge in [0.2, 0.25) is 5.91 Å². The molecule has 10 heteroatoms. The summed E-state index contributed by atoms with van der Waals surface area (Å²) < 4.78 is 0. The molecule has 0 aromatic carbocycles. The van der Waals surface area contributed by atoms with Gasteiger partial charge in [0.1, 0.15) is 6.04 Å². The fourth-order valence-corrected chi connectivity index (χ4v) is 1.32. The largest absolute Gasteiger partial charge is 0.465 e. The molecule has 0 spiro atoms. The third kappa shape index (κ3) is 9.50. The number of rotatable bonds is 7. The summed E-state index contributed by atoms with van der Waals surface area (Å²) in [7, 11) is 0. The van der Waals surface area contributed by atoms with Crippen LogP contribution in [0, 0.1) is 0 Å². The lowest BCUT2D eigenvalue weighted by atomic mass is 10.1. The minimum atomic E-state index is -1.36. The Labute approximate surface area is 114 Å². The first kappa shape index (κ1) is 17.5. The van der Waals surface area contributed by atoms with Crippen molar-refractivity contribution in [1.82, 2.24) is 21.5 Å². The molecule has 1 unspecified atom stereocenters. The molecule has 0 fully saturated rings. The number of hydrogen-bond acceptors (Lipinski definition) is 4. The lowest BCUT2D eigenvalue weighted by molar-refractivity contribution is -0.129. The number of nitrogens with one attached hydrogen (secondary N) is 4. The van der Waals surface area contributed by atoms with E-state index < -0.39 is 30.0 Å². The summed E-state index contributed by atoms with van der Waals surface area (Å²) in [5, 5.41) is 21.1. The normalized spacial score (nSPS) is 11.1. The van der Waals surface area contributed by atoms with E-state index in [1.165, 1.54) is 6.92 Å². The molecule has 114 valence electrons. The number of amides is 4. The third-order valence-corrected chi connectivity index (χ3v) is 2.17. The zero-order chi connectivity index (χ0) is 15.5. The maximum Gasteiger partial charge on any atom is 0.405 e. The highest BCUT2D eigenvalue weighted by Gasteiger charge is 2.20. The van der Waals surface area contributed by atoms with Gasteiger partial charge in [-0.2, -0.15) is 0 Å². The quantitative estimate of drug-likeness (QED) is 0.267. The minimum absolute atomic E-state index is 0.180. The highest BCUT2D eigenvalue weighted by atomic mass is 16.4. The zero-order valence-corrected chi connectivity index (χ0v) is 10.9. The van der Waals surface area contributed by atoms with E-state index in [2.05, 4.69) is 16.2 Å². The Kier molecular flexibility index (Phi) is 8.23. The van der Waals surface area contributed by atoms with Crippen molar-refractivity contribution in [3.63, 3.8) is 0 Å². The van der Waals surface area contributed by atoms with Gasteiger partial charge >= 0.3 is 12.2 Å². The van der Waals surface area contributed by atoms with Crippen molar-refractivity contribution in [2.45, 2.75) is 32.2 Å². The van der Waals surface area contributed by atoms with Crippen molar-refractivity contribution in [3.05, 3.63) is 0 Å². The predicted molar refractivity (Wildman–Crippen MR) is 66.8 cm³/mol. The van der Waals surface area contributed by atoms with Crippen LogP contribution in [0.25, 0.3) is 0 Å². The van der Waals surface area contributed by atoms with Crippen LogP contribution in [0.4, 0.5) is 9.59 Å². The summed E-state index contributed by atoms with van der Waals surface area (Å²) in [5.74, 6) is -1.17. The molecule has 0 rings (SSSR count). The molecule has 1 atom stereocenters. The summed E-state index contributed by atoms with van der Waals surface area (Å²) in [4.78, 5) is 43.0. The molecule has 4 amide bonds. The van der Waals surface area contributed by atoms with Gasteiger partial charge in [-0.15, -0.1) is 0 Å². The SMILES string of the molecule is CC(=O)NNC(=O)C(CCCCNC(=O)O)NC(=O)O. The van der Waals surface area contributed by atoms with Crippen LogP contribution in [0.2, 0.25) is 0 Å². The average Bonchev–Trinajstić information content (AvgIpc) is 2.33. The molecular weight excluding hydrogens is 272 g/mol. The van der Waals surface area contributed by atoms with Gasteiger partial charge in [-0.3, -0.25) is 20.4 Å². The fourth-order valence-electron chi connectivity index (χ4n) is 1.32. The van der Waals surface area contributed by atoms with Crippen LogP contribution in [0.15, 0.2) is 0 Å². The van der Waals surface area contributed by atoms with Crippen LogP contribution in [-0.4, -0.2) is 46.8 Å². The van der Waals surface area contributed by atoms with E-state index in [9.17, 15) is 19.2 Å². The zero-order valence-electron chi connectivity index (χ0n) is 10.9. The summed E-state index contributed by atoms with van der Waals surface area (Å²) >= 11 is 0. The Balaban J connectivity index is 4.13. The second kappa shape index (κ2) is 9.42. The predicted octanol–water partition coefficient (Wildman–Crippen LogP) is -0.772. The fraction of sp³-hybridized carbons (Fsp3) is 0.600. The van der Waals surface area contributed by atoms with Crippen molar-refractivity contribution in [2.75, 3.05) is 6.54 Å². The monoisotopic (exact) mass is 290 g/mol. The van der Waals surface area contributed by atoms with Gasteiger partial charge in [0, 0.05) is 13.5 Å². The highest BCUT2D eigenvalue weighted by molar-refractivity contribution is 5.87. The summed E-state index contributed by atoms with van der Waals surface area (Å²) in [5.41, 5.74) is 4.13. The van der Waals surface area contributed by atoms with Crippen molar-refractivity contribution in [2.24, 2.45) is 0 Å². The molecule has 0 aliphatic carbocycles. The number of carbonyl (C=O) groups excluding carboxylic acids is 2. The van der Waals surface area contributed by atoms with Gasteiger partial charge in [-0.25, -0.2) is 9.59 Å². The molecule has 0 heterocycles. The molecule has 0 bridgehead atoms. The van der Waals surface area contributed by atoms with E-state index in [0.717, 1.165) is 0 Å². The van der Waals surface area contributed by atoms with Crippen molar-refractivity contribution in [1.29, 1.82) is 0 Å². The van der Waals surface area contributed by atoms with Crippen molar-refractivity contribution < 1.29 is 29.4 Å². The van der Waals surface area contributed by atoms with E-state index >= 15 is 0 Å². The van der Waals surface area contributed by atoms with Gasteiger partial charge in [0.15, 0.2) is 0 Å². The second-order valence-corrected chi connectivity index (χ2v) is 3.90. The maximum atomic E-state index is 11.6. The third-order valence-electron chi connectivity index (χ3n) is 2.17. The molecule has 0 aliphatic rings. The smallest absolute Gasteiger partial charge is 0.405 e. The molecular formula is C10H18N4O6. The van der Waals surface area contributed by atoms with Crippen molar-refractivity contribution >= 4 is 24.0 Å². The summed E-state index contributed by atoms with van der Waals surface area (Å²) in [6, 6.07) is -1.02. The van der Waals surface area contributed by atoms with E-state index in [1.807, 2.05) is 5.32 Å².